The third-order valence-electron chi connectivity index (χ3n) is 4.57. The molecular weight excluding hydrogens is 352 g/mol. The number of anilines is 1. The molecule has 138 valence electrons. The molecule has 0 bridgehead atoms. The van der Waals surface area contributed by atoms with E-state index in [0.717, 1.165) is 29.8 Å². The molecule has 0 radical (unpaired) electrons. The number of carbonyl (C=O) groups is 1. The van der Waals surface area contributed by atoms with Gasteiger partial charge in [-0.1, -0.05) is 12.1 Å². The van der Waals surface area contributed by atoms with Gasteiger partial charge in [0.15, 0.2) is 0 Å². The minimum atomic E-state index is -3.42. The first-order chi connectivity index (χ1) is 12.3. The summed E-state index contributed by atoms with van der Waals surface area (Å²) in [5, 5.41) is 0. The Kier molecular flexibility index (Phi) is 5.02. The molecular formula is C19H22N2O4S. The molecule has 0 atom stereocenters. The highest BCUT2D eigenvalue weighted by atomic mass is 32.2. The minimum Gasteiger partial charge on any atom is -0.465 e. The van der Waals surface area contributed by atoms with Crippen LogP contribution in [0.3, 0.4) is 0 Å². The molecule has 0 fully saturated rings. The Bertz CT molecular complexity index is 921. The van der Waals surface area contributed by atoms with Crippen molar-refractivity contribution in [2.45, 2.75) is 17.9 Å². The Balaban J connectivity index is 1.79. The van der Waals surface area contributed by atoms with E-state index < -0.39 is 10.0 Å². The Morgan fingerprint density at radius 1 is 1.15 bits per heavy atom. The summed E-state index contributed by atoms with van der Waals surface area (Å²) >= 11 is 0. The maximum absolute atomic E-state index is 12.3. The van der Waals surface area contributed by atoms with Gasteiger partial charge in [0, 0.05) is 32.9 Å². The second kappa shape index (κ2) is 7.09. The second-order valence-electron chi connectivity index (χ2n) is 6.44. The van der Waals surface area contributed by atoms with Gasteiger partial charge in [-0.15, -0.1) is 0 Å². The number of hydrogen-bond donors (Lipinski definition) is 0. The van der Waals surface area contributed by atoms with E-state index in [9.17, 15) is 13.2 Å². The molecule has 0 N–H and O–H groups in total. The lowest BCUT2D eigenvalue weighted by Gasteiger charge is -2.20. The van der Waals surface area contributed by atoms with E-state index in [4.69, 9.17) is 4.74 Å². The van der Waals surface area contributed by atoms with Gasteiger partial charge in [-0.3, -0.25) is 0 Å². The van der Waals surface area contributed by atoms with Crippen molar-refractivity contribution in [3.63, 3.8) is 0 Å². The summed E-state index contributed by atoms with van der Waals surface area (Å²) in [6.45, 7) is 1.54. The molecule has 0 saturated heterocycles. The Labute approximate surface area is 154 Å². The van der Waals surface area contributed by atoms with Crippen molar-refractivity contribution < 1.29 is 17.9 Å². The zero-order chi connectivity index (χ0) is 18.9. The lowest BCUT2D eigenvalue weighted by Crippen LogP contribution is -2.22. The van der Waals surface area contributed by atoms with Gasteiger partial charge in [-0.2, -0.15) is 0 Å². The van der Waals surface area contributed by atoms with Crippen molar-refractivity contribution in [3.8, 4) is 0 Å². The third kappa shape index (κ3) is 3.45. The van der Waals surface area contributed by atoms with Gasteiger partial charge >= 0.3 is 5.97 Å². The average Bonchev–Trinajstić information content (AvgIpc) is 3.03. The lowest BCUT2D eigenvalue weighted by molar-refractivity contribution is 0.0600. The summed E-state index contributed by atoms with van der Waals surface area (Å²) in [7, 11) is 1.01. The van der Waals surface area contributed by atoms with E-state index >= 15 is 0 Å². The van der Waals surface area contributed by atoms with E-state index in [1.807, 2.05) is 18.2 Å². The standard InChI is InChI=1S/C19H22N2O4S/c1-20(2)26(23,24)17-8-9-18-16(12-17)10-11-21(18)13-14-4-6-15(7-5-14)19(22)25-3/h4-9,12H,10-11,13H2,1-3H3. The van der Waals surface area contributed by atoms with Crippen molar-refractivity contribution >= 4 is 21.7 Å². The van der Waals surface area contributed by atoms with Crippen LogP contribution >= 0.6 is 0 Å². The Morgan fingerprint density at radius 3 is 2.46 bits per heavy atom. The maximum atomic E-state index is 12.3. The lowest BCUT2D eigenvalue weighted by atomic mass is 10.1. The summed E-state index contributed by atoms with van der Waals surface area (Å²) < 4.78 is 30.5. The van der Waals surface area contributed by atoms with E-state index in [1.54, 1.807) is 24.3 Å². The van der Waals surface area contributed by atoms with Crippen molar-refractivity contribution in [1.82, 2.24) is 4.31 Å². The van der Waals surface area contributed by atoms with Crippen molar-refractivity contribution in [1.29, 1.82) is 0 Å². The van der Waals surface area contributed by atoms with Gasteiger partial charge in [-0.05, 0) is 47.9 Å². The number of benzene rings is 2. The number of nitrogens with zero attached hydrogens (tertiary/aromatic N) is 2. The van der Waals surface area contributed by atoms with Crippen LogP contribution in [0.15, 0.2) is 47.4 Å². The third-order valence-corrected chi connectivity index (χ3v) is 6.38. The summed E-state index contributed by atoms with van der Waals surface area (Å²) in [4.78, 5) is 14.0. The number of carbonyl (C=O) groups excluding carboxylic acids is 1. The molecule has 0 spiro atoms. The first-order valence-corrected chi connectivity index (χ1v) is 9.74. The zero-order valence-corrected chi connectivity index (χ0v) is 15.9. The van der Waals surface area contributed by atoms with Gasteiger partial charge in [-0.25, -0.2) is 17.5 Å². The van der Waals surface area contributed by atoms with E-state index in [0.29, 0.717) is 17.0 Å². The quantitative estimate of drug-likeness (QED) is 0.751. The van der Waals surface area contributed by atoms with Gasteiger partial charge in [0.25, 0.3) is 0 Å². The van der Waals surface area contributed by atoms with Crippen molar-refractivity contribution in [3.05, 3.63) is 59.2 Å². The fourth-order valence-electron chi connectivity index (χ4n) is 3.07. The fraction of sp³-hybridized carbons (Fsp3) is 0.316. The van der Waals surface area contributed by atoms with Crippen LogP contribution in [0.1, 0.15) is 21.5 Å². The summed E-state index contributed by atoms with van der Waals surface area (Å²) in [6.07, 6.45) is 0.812. The number of rotatable bonds is 5. The largest absolute Gasteiger partial charge is 0.465 e. The van der Waals surface area contributed by atoms with E-state index in [2.05, 4.69) is 4.90 Å². The molecule has 0 amide bonds. The van der Waals surface area contributed by atoms with Crippen LogP contribution in [0.2, 0.25) is 0 Å². The van der Waals surface area contributed by atoms with Crippen LogP contribution in [-0.4, -0.2) is 46.4 Å². The molecule has 0 saturated carbocycles. The molecule has 26 heavy (non-hydrogen) atoms. The summed E-state index contributed by atoms with van der Waals surface area (Å²) in [6, 6.07) is 12.6. The number of ether oxygens (including phenoxy) is 1. The molecule has 2 aromatic carbocycles. The molecule has 0 aliphatic carbocycles. The Morgan fingerprint density at radius 2 is 1.85 bits per heavy atom. The van der Waals surface area contributed by atoms with Crippen molar-refractivity contribution in [2.24, 2.45) is 0 Å². The molecule has 7 heteroatoms. The number of sulfonamides is 1. The molecule has 0 unspecified atom stereocenters. The van der Waals surface area contributed by atoms with Crippen LogP contribution in [0.5, 0.6) is 0 Å². The maximum Gasteiger partial charge on any atom is 0.337 e. The Hall–Kier alpha value is -2.38. The smallest absolute Gasteiger partial charge is 0.337 e. The number of methoxy groups -OCH3 is 1. The normalized spacial score (nSPS) is 13.8. The molecule has 6 nitrogen and oxygen atoms in total. The highest BCUT2D eigenvalue weighted by Crippen LogP contribution is 2.31. The molecule has 3 rings (SSSR count). The minimum absolute atomic E-state index is 0.325. The van der Waals surface area contributed by atoms with Gasteiger partial charge < -0.3 is 9.64 Å². The van der Waals surface area contributed by atoms with Crippen LogP contribution in [-0.2, 0) is 27.7 Å². The highest BCUT2D eigenvalue weighted by molar-refractivity contribution is 7.89. The fourth-order valence-corrected chi connectivity index (χ4v) is 4.02. The SMILES string of the molecule is COC(=O)c1ccc(CN2CCc3cc(S(=O)(=O)N(C)C)ccc32)cc1. The first-order valence-electron chi connectivity index (χ1n) is 8.30. The first kappa shape index (κ1) is 18.4. The predicted molar refractivity (Wildman–Crippen MR) is 99.9 cm³/mol. The van der Waals surface area contributed by atoms with Crippen LogP contribution < -0.4 is 4.90 Å². The zero-order valence-electron chi connectivity index (χ0n) is 15.1. The second-order valence-corrected chi connectivity index (χ2v) is 8.59. The van der Waals surface area contributed by atoms with Crippen LogP contribution in [0.25, 0.3) is 0 Å². The van der Waals surface area contributed by atoms with E-state index in [1.165, 1.54) is 25.5 Å². The van der Waals surface area contributed by atoms with E-state index in [-0.39, 0.29) is 5.97 Å². The monoisotopic (exact) mass is 374 g/mol. The van der Waals surface area contributed by atoms with Crippen LogP contribution in [0, 0.1) is 0 Å². The van der Waals surface area contributed by atoms with Gasteiger partial charge in [0.1, 0.15) is 0 Å². The number of fused-ring (bicyclic) bond motifs is 1. The van der Waals surface area contributed by atoms with Gasteiger partial charge in [0.05, 0.1) is 17.6 Å². The molecule has 1 aliphatic heterocycles. The molecule has 0 aromatic heterocycles. The number of hydrogen-bond acceptors (Lipinski definition) is 5. The summed E-state index contributed by atoms with van der Waals surface area (Å²) in [5.41, 5.74) is 3.70. The van der Waals surface area contributed by atoms with Crippen molar-refractivity contribution in [2.75, 3.05) is 32.6 Å². The van der Waals surface area contributed by atoms with Crippen LogP contribution in [0.4, 0.5) is 5.69 Å². The predicted octanol–water partition coefficient (Wildman–Crippen LogP) is 2.29. The van der Waals surface area contributed by atoms with Gasteiger partial charge in [0.2, 0.25) is 10.0 Å². The molecule has 1 heterocycles. The number of esters is 1. The average molecular weight is 374 g/mol. The highest BCUT2D eigenvalue weighted by Gasteiger charge is 2.24. The molecule has 1 aliphatic rings. The molecule has 2 aromatic rings. The topological polar surface area (TPSA) is 66.9 Å². The summed E-state index contributed by atoms with van der Waals surface area (Å²) in [5.74, 6) is -0.349.